The van der Waals surface area contributed by atoms with Crippen molar-refractivity contribution < 1.29 is 9.90 Å². The van der Waals surface area contributed by atoms with Gasteiger partial charge in [0.25, 0.3) is 0 Å². The molecule has 0 aromatic carbocycles. The summed E-state index contributed by atoms with van der Waals surface area (Å²) in [5.74, 6) is 0.820. The largest absolute Gasteiger partial charge is 0.480 e. The van der Waals surface area contributed by atoms with Crippen LogP contribution in [0.3, 0.4) is 0 Å². The number of hydrogen-bond donors (Lipinski definition) is 2. The SMILES string of the molecule is CCc1ncc(CN[C@H](CCSC)C(=O)O)cn1. The zero-order valence-electron chi connectivity index (χ0n) is 10.7. The molecular weight excluding hydrogens is 250 g/mol. The van der Waals surface area contributed by atoms with Crippen molar-refractivity contribution in [3.63, 3.8) is 0 Å². The average Bonchev–Trinajstić information content (AvgIpc) is 2.39. The monoisotopic (exact) mass is 269 g/mol. The third-order valence-corrected chi connectivity index (χ3v) is 3.18. The molecule has 0 fully saturated rings. The van der Waals surface area contributed by atoms with E-state index >= 15 is 0 Å². The molecule has 0 amide bonds. The molecule has 1 atom stereocenters. The molecule has 0 aliphatic heterocycles. The first kappa shape index (κ1) is 14.9. The summed E-state index contributed by atoms with van der Waals surface area (Å²) in [6.07, 6.45) is 6.87. The minimum Gasteiger partial charge on any atom is -0.480 e. The Kier molecular flexibility index (Phi) is 6.67. The third kappa shape index (κ3) is 5.01. The summed E-state index contributed by atoms with van der Waals surface area (Å²) in [5.41, 5.74) is 0.905. The van der Waals surface area contributed by atoms with Gasteiger partial charge < -0.3 is 10.4 Å². The topological polar surface area (TPSA) is 75.1 Å². The molecule has 0 bridgehead atoms. The van der Waals surface area contributed by atoms with E-state index in [-0.39, 0.29) is 0 Å². The van der Waals surface area contributed by atoms with Crippen LogP contribution in [-0.4, -0.2) is 39.1 Å². The van der Waals surface area contributed by atoms with E-state index in [1.165, 1.54) is 0 Å². The predicted octanol–water partition coefficient (Wildman–Crippen LogP) is 1.33. The minimum absolute atomic E-state index is 0.481. The molecule has 2 N–H and O–H groups in total. The van der Waals surface area contributed by atoms with E-state index in [2.05, 4.69) is 15.3 Å². The highest BCUT2D eigenvalue weighted by Gasteiger charge is 2.15. The highest BCUT2D eigenvalue weighted by molar-refractivity contribution is 7.98. The number of aromatic nitrogens is 2. The molecule has 0 spiro atoms. The van der Waals surface area contributed by atoms with Crippen LogP contribution < -0.4 is 5.32 Å². The summed E-state index contributed by atoms with van der Waals surface area (Å²) in [6.45, 7) is 2.48. The second-order valence-corrected chi connectivity index (χ2v) is 4.90. The van der Waals surface area contributed by atoms with Crippen LogP contribution in [0.1, 0.15) is 24.7 Å². The smallest absolute Gasteiger partial charge is 0.320 e. The highest BCUT2D eigenvalue weighted by atomic mass is 32.2. The van der Waals surface area contributed by atoms with Gasteiger partial charge in [-0.2, -0.15) is 11.8 Å². The molecule has 18 heavy (non-hydrogen) atoms. The molecule has 0 saturated heterocycles. The molecule has 0 unspecified atom stereocenters. The molecule has 0 aliphatic rings. The van der Waals surface area contributed by atoms with Gasteiger partial charge in [0.1, 0.15) is 11.9 Å². The number of carboxylic acids is 1. The lowest BCUT2D eigenvalue weighted by molar-refractivity contribution is -0.139. The normalized spacial score (nSPS) is 12.3. The van der Waals surface area contributed by atoms with Gasteiger partial charge in [0, 0.05) is 30.9 Å². The maximum absolute atomic E-state index is 11.0. The van der Waals surface area contributed by atoms with Crippen molar-refractivity contribution >= 4 is 17.7 Å². The standard InChI is InChI=1S/C12H19N3O2S/c1-3-11-14-7-9(8-15-11)6-13-10(12(16)17)4-5-18-2/h7-8,10,13H,3-6H2,1-2H3,(H,16,17)/t10-/m1/s1. The van der Waals surface area contributed by atoms with Gasteiger partial charge in [-0.15, -0.1) is 0 Å². The van der Waals surface area contributed by atoms with Crippen LogP contribution in [0.25, 0.3) is 0 Å². The number of aliphatic carboxylic acids is 1. The van der Waals surface area contributed by atoms with Crippen LogP contribution in [0.5, 0.6) is 0 Å². The van der Waals surface area contributed by atoms with Crippen molar-refractivity contribution in [2.24, 2.45) is 0 Å². The summed E-state index contributed by atoms with van der Waals surface area (Å²) in [5, 5.41) is 12.1. The number of carbonyl (C=O) groups is 1. The Morgan fingerprint density at radius 3 is 2.67 bits per heavy atom. The van der Waals surface area contributed by atoms with Crippen LogP contribution in [0, 0.1) is 0 Å². The Bertz CT molecular complexity index is 370. The molecule has 1 aromatic rings. The van der Waals surface area contributed by atoms with Gasteiger partial charge in [-0.25, -0.2) is 9.97 Å². The molecule has 1 heterocycles. The van der Waals surface area contributed by atoms with Crippen molar-refractivity contribution in [1.29, 1.82) is 0 Å². The number of nitrogens with zero attached hydrogens (tertiary/aromatic N) is 2. The van der Waals surface area contributed by atoms with Crippen molar-refractivity contribution in [1.82, 2.24) is 15.3 Å². The molecule has 0 saturated carbocycles. The van der Waals surface area contributed by atoms with E-state index in [0.717, 1.165) is 23.6 Å². The Labute approximate surface area is 111 Å². The Hall–Kier alpha value is -1.14. The second-order valence-electron chi connectivity index (χ2n) is 3.91. The number of rotatable bonds is 8. The van der Waals surface area contributed by atoms with Crippen molar-refractivity contribution in [2.75, 3.05) is 12.0 Å². The number of aryl methyl sites for hydroxylation is 1. The third-order valence-electron chi connectivity index (χ3n) is 2.54. The van der Waals surface area contributed by atoms with Crippen molar-refractivity contribution in [3.8, 4) is 0 Å². The Balaban J connectivity index is 2.47. The van der Waals surface area contributed by atoms with E-state index in [4.69, 9.17) is 5.11 Å². The molecule has 1 aromatic heterocycles. The number of carboxylic acid groups (broad SMARTS) is 1. The maximum atomic E-state index is 11.0. The van der Waals surface area contributed by atoms with Crippen LogP contribution in [0.2, 0.25) is 0 Å². The summed E-state index contributed by atoms with van der Waals surface area (Å²) in [4.78, 5) is 19.4. The van der Waals surface area contributed by atoms with E-state index < -0.39 is 12.0 Å². The van der Waals surface area contributed by atoms with E-state index in [9.17, 15) is 4.79 Å². The van der Waals surface area contributed by atoms with E-state index in [0.29, 0.717) is 13.0 Å². The van der Waals surface area contributed by atoms with Gasteiger partial charge in [0.2, 0.25) is 0 Å². The number of nitrogens with one attached hydrogen (secondary N) is 1. The van der Waals surface area contributed by atoms with Crippen LogP contribution >= 0.6 is 11.8 Å². The fourth-order valence-electron chi connectivity index (χ4n) is 1.44. The summed E-state index contributed by atoms with van der Waals surface area (Å²) < 4.78 is 0. The molecule has 6 heteroatoms. The summed E-state index contributed by atoms with van der Waals surface area (Å²) in [6, 6.07) is -0.511. The second kappa shape index (κ2) is 8.05. The van der Waals surface area contributed by atoms with Gasteiger partial charge in [0.05, 0.1) is 0 Å². The van der Waals surface area contributed by atoms with Crippen LogP contribution in [0.4, 0.5) is 0 Å². The fraction of sp³-hybridized carbons (Fsp3) is 0.583. The summed E-state index contributed by atoms with van der Waals surface area (Å²) in [7, 11) is 0. The first-order valence-corrected chi connectivity index (χ1v) is 7.31. The zero-order chi connectivity index (χ0) is 13.4. The predicted molar refractivity (Wildman–Crippen MR) is 72.7 cm³/mol. The van der Waals surface area contributed by atoms with E-state index in [1.807, 2.05) is 13.2 Å². The van der Waals surface area contributed by atoms with Gasteiger partial charge >= 0.3 is 5.97 Å². The molecule has 0 radical (unpaired) electrons. The first-order valence-electron chi connectivity index (χ1n) is 5.92. The van der Waals surface area contributed by atoms with Gasteiger partial charge in [-0.05, 0) is 18.4 Å². The highest BCUT2D eigenvalue weighted by Crippen LogP contribution is 2.03. The molecule has 0 aliphatic carbocycles. The first-order chi connectivity index (χ1) is 8.67. The molecule has 1 rings (SSSR count). The lowest BCUT2D eigenvalue weighted by Gasteiger charge is -2.13. The number of thioether (sulfide) groups is 1. The van der Waals surface area contributed by atoms with Crippen molar-refractivity contribution in [2.45, 2.75) is 32.4 Å². The summed E-state index contributed by atoms with van der Waals surface area (Å²) >= 11 is 1.65. The fourth-order valence-corrected chi connectivity index (χ4v) is 1.92. The quantitative estimate of drug-likeness (QED) is 0.741. The van der Waals surface area contributed by atoms with Crippen LogP contribution in [0.15, 0.2) is 12.4 Å². The minimum atomic E-state index is -0.810. The maximum Gasteiger partial charge on any atom is 0.320 e. The Morgan fingerprint density at radius 2 is 2.17 bits per heavy atom. The Morgan fingerprint density at radius 1 is 1.50 bits per heavy atom. The van der Waals surface area contributed by atoms with E-state index in [1.54, 1.807) is 24.2 Å². The lowest BCUT2D eigenvalue weighted by atomic mass is 10.2. The van der Waals surface area contributed by atoms with Crippen LogP contribution in [-0.2, 0) is 17.8 Å². The molecule has 100 valence electrons. The lowest BCUT2D eigenvalue weighted by Crippen LogP contribution is -2.36. The number of hydrogen-bond acceptors (Lipinski definition) is 5. The molecular formula is C12H19N3O2S. The van der Waals surface area contributed by atoms with Gasteiger partial charge in [-0.3, -0.25) is 4.79 Å². The average molecular weight is 269 g/mol. The van der Waals surface area contributed by atoms with Gasteiger partial charge in [-0.1, -0.05) is 6.92 Å². The van der Waals surface area contributed by atoms with Crippen molar-refractivity contribution in [3.05, 3.63) is 23.8 Å². The zero-order valence-corrected chi connectivity index (χ0v) is 11.5. The molecule has 5 nitrogen and oxygen atoms in total. The van der Waals surface area contributed by atoms with Gasteiger partial charge in [0.15, 0.2) is 0 Å².